The van der Waals surface area contributed by atoms with E-state index in [0.717, 1.165) is 4.68 Å². The first kappa shape index (κ1) is 17.1. The van der Waals surface area contributed by atoms with Gasteiger partial charge in [-0.15, -0.1) is 0 Å². The Hall–Kier alpha value is -1.76. The zero-order valence-corrected chi connectivity index (χ0v) is 14.5. The molecular formula is C15H12Cl3N3O3. The Bertz CT molecular complexity index is 869. The lowest BCUT2D eigenvalue weighted by atomic mass is 10.2. The predicted octanol–water partition coefficient (Wildman–Crippen LogP) is 3.25. The molecule has 1 N–H and O–H groups in total. The number of hydrogen-bond acceptors (Lipinski definition) is 4. The number of carboxylic acid groups (broad SMARTS) is 1. The number of carboxylic acids is 1. The Morgan fingerprint density at radius 2 is 2.00 bits per heavy atom. The summed E-state index contributed by atoms with van der Waals surface area (Å²) >= 11 is 18.2. The lowest BCUT2D eigenvalue weighted by Gasteiger charge is -2.24. The van der Waals surface area contributed by atoms with E-state index in [4.69, 9.17) is 34.8 Å². The number of halogens is 3. The molecule has 1 aromatic carbocycles. The minimum absolute atomic E-state index is 0.0934. The zero-order chi connectivity index (χ0) is 17.4. The lowest BCUT2D eigenvalue weighted by Crippen LogP contribution is -2.37. The molecule has 9 heteroatoms. The summed E-state index contributed by atoms with van der Waals surface area (Å²) in [5.41, 5.74) is 0.0815. The third kappa shape index (κ3) is 2.97. The Labute approximate surface area is 152 Å². The molecule has 0 amide bonds. The summed E-state index contributed by atoms with van der Waals surface area (Å²) in [4.78, 5) is 25.5. The van der Waals surface area contributed by atoms with Crippen LogP contribution < -0.4 is 10.5 Å². The molecule has 0 spiro atoms. The van der Waals surface area contributed by atoms with E-state index in [1.54, 1.807) is 17.0 Å². The van der Waals surface area contributed by atoms with Gasteiger partial charge in [0.25, 0.3) is 5.56 Å². The number of nitrogens with zero attached hydrogens (tertiary/aromatic N) is 3. The maximum atomic E-state index is 12.6. The van der Waals surface area contributed by atoms with Crippen LogP contribution >= 0.6 is 34.8 Å². The molecule has 0 unspecified atom stereocenters. The highest BCUT2D eigenvalue weighted by molar-refractivity contribution is 6.36. The third-order valence-electron chi connectivity index (χ3n) is 3.89. The molecular weight excluding hydrogens is 377 g/mol. The van der Waals surface area contributed by atoms with Gasteiger partial charge in [0.15, 0.2) is 0 Å². The van der Waals surface area contributed by atoms with Crippen LogP contribution in [0.2, 0.25) is 15.1 Å². The van der Waals surface area contributed by atoms with Gasteiger partial charge in [-0.25, -0.2) is 4.79 Å². The molecule has 24 heavy (non-hydrogen) atoms. The average molecular weight is 389 g/mol. The monoisotopic (exact) mass is 387 g/mol. The van der Waals surface area contributed by atoms with Gasteiger partial charge in [0.2, 0.25) is 0 Å². The largest absolute Gasteiger partial charge is 0.480 e. The highest BCUT2D eigenvalue weighted by Crippen LogP contribution is 2.30. The molecule has 0 bridgehead atoms. The number of benzene rings is 1. The van der Waals surface area contributed by atoms with Crippen LogP contribution in [-0.2, 0) is 4.79 Å². The number of aromatic nitrogens is 2. The Kier molecular flexibility index (Phi) is 4.71. The SMILES string of the molecule is O=C(O)[C@H]1CCCN1c1cnn(-c2ccc(Cl)cc2Cl)c(=O)c1Cl. The zero-order valence-electron chi connectivity index (χ0n) is 12.2. The molecule has 1 fully saturated rings. The molecule has 1 atom stereocenters. The molecule has 1 aliphatic heterocycles. The summed E-state index contributed by atoms with van der Waals surface area (Å²) in [5, 5.41) is 14.0. The Morgan fingerprint density at radius 1 is 1.25 bits per heavy atom. The van der Waals surface area contributed by atoms with Crippen molar-refractivity contribution in [1.82, 2.24) is 9.78 Å². The van der Waals surface area contributed by atoms with E-state index in [-0.39, 0.29) is 10.0 Å². The van der Waals surface area contributed by atoms with Crippen LogP contribution in [0.25, 0.3) is 5.69 Å². The molecule has 3 rings (SSSR count). The van der Waals surface area contributed by atoms with Crippen LogP contribution in [0.4, 0.5) is 5.69 Å². The predicted molar refractivity (Wildman–Crippen MR) is 92.9 cm³/mol. The molecule has 0 saturated carbocycles. The Morgan fingerprint density at radius 3 is 2.67 bits per heavy atom. The van der Waals surface area contributed by atoms with Crippen LogP contribution in [0.1, 0.15) is 12.8 Å². The number of rotatable bonds is 3. The van der Waals surface area contributed by atoms with Crippen molar-refractivity contribution in [2.45, 2.75) is 18.9 Å². The van der Waals surface area contributed by atoms with Crippen molar-refractivity contribution in [3.63, 3.8) is 0 Å². The van der Waals surface area contributed by atoms with Gasteiger partial charge in [0.05, 0.1) is 22.6 Å². The number of aliphatic carboxylic acids is 1. The first-order chi connectivity index (χ1) is 11.4. The topological polar surface area (TPSA) is 75.4 Å². The third-order valence-corrected chi connectivity index (χ3v) is 4.78. The molecule has 0 radical (unpaired) electrons. The highest BCUT2D eigenvalue weighted by Gasteiger charge is 2.32. The minimum atomic E-state index is -0.950. The van der Waals surface area contributed by atoms with E-state index in [1.165, 1.54) is 12.3 Å². The van der Waals surface area contributed by atoms with Gasteiger partial charge in [-0.3, -0.25) is 4.79 Å². The van der Waals surface area contributed by atoms with Crippen molar-refractivity contribution in [2.75, 3.05) is 11.4 Å². The van der Waals surface area contributed by atoms with Gasteiger partial charge in [0, 0.05) is 11.6 Å². The quantitative estimate of drug-likeness (QED) is 0.873. The first-order valence-corrected chi connectivity index (χ1v) is 8.26. The number of anilines is 1. The lowest BCUT2D eigenvalue weighted by molar-refractivity contribution is -0.138. The summed E-state index contributed by atoms with van der Waals surface area (Å²) in [7, 11) is 0. The minimum Gasteiger partial charge on any atom is -0.480 e. The molecule has 6 nitrogen and oxygen atoms in total. The summed E-state index contributed by atoms with van der Waals surface area (Å²) < 4.78 is 1.07. The Balaban J connectivity index is 2.07. The molecule has 2 aromatic rings. The smallest absolute Gasteiger partial charge is 0.326 e. The molecule has 1 aliphatic rings. The normalized spacial score (nSPS) is 17.3. The highest BCUT2D eigenvalue weighted by atomic mass is 35.5. The maximum absolute atomic E-state index is 12.6. The second-order valence-corrected chi connectivity index (χ2v) is 6.57. The van der Waals surface area contributed by atoms with Crippen molar-refractivity contribution in [3.8, 4) is 5.69 Å². The van der Waals surface area contributed by atoms with Crippen LogP contribution in [0, 0.1) is 0 Å². The van der Waals surface area contributed by atoms with Crippen molar-refractivity contribution in [2.24, 2.45) is 0 Å². The summed E-state index contributed by atoms with van der Waals surface area (Å²) in [6.07, 6.45) is 2.59. The van der Waals surface area contributed by atoms with E-state index in [2.05, 4.69) is 5.10 Å². The maximum Gasteiger partial charge on any atom is 0.326 e. The number of hydrogen-bond donors (Lipinski definition) is 1. The van der Waals surface area contributed by atoms with E-state index in [0.29, 0.717) is 35.8 Å². The fourth-order valence-electron chi connectivity index (χ4n) is 2.76. The summed E-state index contributed by atoms with van der Waals surface area (Å²) in [6, 6.07) is 3.93. The average Bonchev–Trinajstić information content (AvgIpc) is 3.00. The van der Waals surface area contributed by atoms with Gasteiger partial charge < -0.3 is 10.0 Å². The van der Waals surface area contributed by atoms with Crippen LogP contribution in [-0.4, -0.2) is 33.4 Å². The van der Waals surface area contributed by atoms with Crippen molar-refractivity contribution < 1.29 is 9.90 Å². The number of carbonyl (C=O) groups is 1. The van der Waals surface area contributed by atoms with Crippen LogP contribution in [0.5, 0.6) is 0 Å². The van der Waals surface area contributed by atoms with Gasteiger partial charge in [-0.05, 0) is 31.0 Å². The van der Waals surface area contributed by atoms with Crippen molar-refractivity contribution >= 4 is 46.5 Å². The van der Waals surface area contributed by atoms with Gasteiger partial charge in [-0.1, -0.05) is 34.8 Å². The molecule has 1 saturated heterocycles. The van der Waals surface area contributed by atoms with E-state index < -0.39 is 17.6 Å². The summed E-state index contributed by atoms with van der Waals surface area (Å²) in [6.45, 7) is 0.503. The van der Waals surface area contributed by atoms with Crippen LogP contribution in [0.3, 0.4) is 0 Å². The van der Waals surface area contributed by atoms with E-state index in [9.17, 15) is 14.7 Å². The van der Waals surface area contributed by atoms with Gasteiger partial charge in [-0.2, -0.15) is 9.78 Å². The molecule has 126 valence electrons. The second kappa shape index (κ2) is 6.63. The van der Waals surface area contributed by atoms with Crippen LogP contribution in [0.15, 0.2) is 29.2 Å². The fraction of sp³-hybridized carbons (Fsp3) is 0.267. The first-order valence-electron chi connectivity index (χ1n) is 7.13. The molecule has 2 heterocycles. The fourth-order valence-corrected chi connectivity index (χ4v) is 3.49. The molecule has 1 aromatic heterocycles. The summed E-state index contributed by atoms with van der Waals surface area (Å²) in [5.74, 6) is -0.950. The standard InChI is InChI=1S/C15H12Cl3N3O3/c16-8-3-4-10(9(17)6-8)21-14(22)13(18)12(7-19-21)20-5-1-2-11(20)15(23)24/h3-4,6-7,11H,1-2,5H2,(H,23,24)/t11-/m1/s1. The van der Waals surface area contributed by atoms with Crippen molar-refractivity contribution in [1.29, 1.82) is 0 Å². The van der Waals surface area contributed by atoms with Crippen molar-refractivity contribution in [3.05, 3.63) is 49.8 Å². The van der Waals surface area contributed by atoms with E-state index >= 15 is 0 Å². The van der Waals surface area contributed by atoms with Gasteiger partial charge in [0.1, 0.15) is 11.1 Å². The van der Waals surface area contributed by atoms with E-state index in [1.807, 2.05) is 0 Å². The van der Waals surface area contributed by atoms with Gasteiger partial charge >= 0.3 is 5.97 Å². The molecule has 0 aliphatic carbocycles. The second-order valence-electron chi connectivity index (χ2n) is 5.35.